The fraction of sp³-hybridized carbons (Fsp3) is 0.350. The summed E-state index contributed by atoms with van der Waals surface area (Å²) in [5, 5.41) is 4.14. The Bertz CT molecular complexity index is 812. The van der Waals surface area contributed by atoms with E-state index < -0.39 is 0 Å². The molecule has 0 amide bonds. The van der Waals surface area contributed by atoms with Crippen molar-refractivity contribution < 1.29 is 4.52 Å². The molecule has 6 nitrogen and oxygen atoms in total. The predicted octanol–water partition coefficient (Wildman–Crippen LogP) is 3.01. The topological polar surface area (TPSA) is 58.3 Å². The van der Waals surface area contributed by atoms with Crippen molar-refractivity contribution in [2.24, 2.45) is 0 Å². The quantitative estimate of drug-likeness (QED) is 0.706. The van der Waals surface area contributed by atoms with Crippen LogP contribution in [0.5, 0.6) is 0 Å². The van der Waals surface area contributed by atoms with Crippen LogP contribution in [-0.2, 0) is 6.54 Å². The van der Waals surface area contributed by atoms with Crippen LogP contribution in [0.15, 0.2) is 59.4 Å². The molecule has 1 aliphatic heterocycles. The number of pyridine rings is 1. The van der Waals surface area contributed by atoms with Crippen LogP contribution in [-0.4, -0.2) is 51.1 Å². The predicted molar refractivity (Wildman–Crippen MR) is 99.2 cm³/mol. The second-order valence-electron chi connectivity index (χ2n) is 6.66. The highest BCUT2D eigenvalue weighted by Gasteiger charge is 2.23. The molecule has 0 aliphatic carbocycles. The molecule has 3 aromatic rings. The van der Waals surface area contributed by atoms with Gasteiger partial charge in [0.2, 0.25) is 0 Å². The second-order valence-corrected chi connectivity index (χ2v) is 6.66. The van der Waals surface area contributed by atoms with Crippen molar-refractivity contribution in [1.29, 1.82) is 0 Å². The van der Waals surface area contributed by atoms with Crippen LogP contribution in [0.3, 0.4) is 0 Å². The fourth-order valence-corrected chi connectivity index (χ4v) is 3.36. The third-order valence-electron chi connectivity index (χ3n) is 4.98. The highest BCUT2D eigenvalue weighted by molar-refractivity contribution is 5.51. The van der Waals surface area contributed by atoms with Crippen LogP contribution in [0.1, 0.15) is 24.4 Å². The van der Waals surface area contributed by atoms with Crippen LogP contribution in [0.25, 0.3) is 11.5 Å². The summed E-state index contributed by atoms with van der Waals surface area (Å²) in [4.78, 5) is 13.6. The lowest BCUT2D eigenvalue weighted by Crippen LogP contribution is -2.46. The number of aromatic nitrogens is 3. The molecule has 0 N–H and O–H groups in total. The molecule has 1 aliphatic rings. The number of piperazine rings is 1. The first kappa shape index (κ1) is 16.9. The first-order valence-corrected chi connectivity index (χ1v) is 9.04. The van der Waals surface area contributed by atoms with Crippen molar-refractivity contribution >= 4 is 0 Å². The van der Waals surface area contributed by atoms with Gasteiger partial charge >= 0.3 is 0 Å². The molecule has 0 radical (unpaired) electrons. The van der Waals surface area contributed by atoms with Gasteiger partial charge in [0.05, 0.1) is 6.54 Å². The second kappa shape index (κ2) is 7.76. The molecule has 1 atom stereocenters. The normalized spacial score (nSPS) is 17.3. The van der Waals surface area contributed by atoms with Gasteiger partial charge in [-0.05, 0) is 30.7 Å². The summed E-state index contributed by atoms with van der Waals surface area (Å²) in [7, 11) is 0. The summed E-state index contributed by atoms with van der Waals surface area (Å²) in [6, 6.07) is 14.4. The van der Waals surface area contributed by atoms with E-state index in [-0.39, 0.29) is 0 Å². The fourth-order valence-electron chi connectivity index (χ4n) is 3.36. The third kappa shape index (κ3) is 3.81. The Kier molecular flexibility index (Phi) is 5.04. The molecule has 26 heavy (non-hydrogen) atoms. The molecule has 2 aromatic heterocycles. The maximum absolute atomic E-state index is 5.40. The highest BCUT2D eigenvalue weighted by atomic mass is 16.5. The lowest BCUT2D eigenvalue weighted by Gasteiger charge is -2.37. The Balaban J connectivity index is 1.32. The van der Waals surface area contributed by atoms with Crippen molar-refractivity contribution in [2.75, 3.05) is 26.2 Å². The van der Waals surface area contributed by atoms with Gasteiger partial charge in [-0.3, -0.25) is 14.8 Å². The van der Waals surface area contributed by atoms with Gasteiger partial charge in [-0.1, -0.05) is 29.4 Å². The average molecular weight is 349 g/mol. The van der Waals surface area contributed by atoms with Crippen LogP contribution in [0, 0.1) is 0 Å². The van der Waals surface area contributed by atoms with E-state index in [4.69, 9.17) is 4.52 Å². The summed E-state index contributed by atoms with van der Waals surface area (Å²) in [6.45, 7) is 7.03. The molecule has 0 bridgehead atoms. The minimum Gasteiger partial charge on any atom is -0.334 e. The van der Waals surface area contributed by atoms with Crippen molar-refractivity contribution in [3.63, 3.8) is 0 Å². The van der Waals surface area contributed by atoms with E-state index >= 15 is 0 Å². The van der Waals surface area contributed by atoms with Gasteiger partial charge in [0.15, 0.2) is 5.82 Å². The van der Waals surface area contributed by atoms with Crippen LogP contribution >= 0.6 is 0 Å². The molecule has 1 saturated heterocycles. The summed E-state index contributed by atoms with van der Waals surface area (Å²) in [6.07, 6.45) is 3.78. The van der Waals surface area contributed by atoms with Gasteiger partial charge in [-0.25, -0.2) is 0 Å². The molecule has 1 fully saturated rings. The Morgan fingerprint density at radius 3 is 2.58 bits per heavy atom. The van der Waals surface area contributed by atoms with Gasteiger partial charge in [0, 0.05) is 50.2 Å². The zero-order chi connectivity index (χ0) is 17.8. The van der Waals surface area contributed by atoms with E-state index in [1.807, 2.05) is 48.8 Å². The monoisotopic (exact) mass is 349 g/mol. The lowest BCUT2D eigenvalue weighted by molar-refractivity contribution is 0.0955. The Morgan fingerprint density at radius 2 is 1.85 bits per heavy atom. The molecular formula is C20H23N5O. The molecule has 1 aromatic carbocycles. The Hall–Kier alpha value is -2.57. The molecule has 0 unspecified atom stereocenters. The molecule has 0 spiro atoms. The largest absolute Gasteiger partial charge is 0.334 e. The smallest absolute Gasteiger partial charge is 0.257 e. The van der Waals surface area contributed by atoms with Gasteiger partial charge in [-0.15, -0.1) is 0 Å². The minimum absolute atomic E-state index is 0.390. The first-order chi connectivity index (χ1) is 12.8. The van der Waals surface area contributed by atoms with Crippen LogP contribution in [0.4, 0.5) is 0 Å². The van der Waals surface area contributed by atoms with Crippen molar-refractivity contribution in [3.05, 3.63) is 66.2 Å². The van der Waals surface area contributed by atoms with Gasteiger partial charge < -0.3 is 4.52 Å². The number of hydrogen-bond acceptors (Lipinski definition) is 6. The van der Waals surface area contributed by atoms with E-state index in [0.29, 0.717) is 11.9 Å². The van der Waals surface area contributed by atoms with Gasteiger partial charge in [-0.2, -0.15) is 4.98 Å². The van der Waals surface area contributed by atoms with Crippen LogP contribution < -0.4 is 0 Å². The maximum Gasteiger partial charge on any atom is 0.257 e. The molecule has 3 heterocycles. The maximum atomic E-state index is 5.40. The van der Waals surface area contributed by atoms with E-state index in [9.17, 15) is 0 Å². The zero-order valence-corrected chi connectivity index (χ0v) is 15.0. The number of nitrogens with zero attached hydrogens (tertiary/aromatic N) is 5. The van der Waals surface area contributed by atoms with Crippen molar-refractivity contribution in [1.82, 2.24) is 24.9 Å². The third-order valence-corrected chi connectivity index (χ3v) is 4.98. The van der Waals surface area contributed by atoms with E-state index in [1.54, 1.807) is 0 Å². The van der Waals surface area contributed by atoms with Crippen LogP contribution in [0.2, 0.25) is 0 Å². The molecule has 6 heteroatoms. The number of hydrogen-bond donors (Lipinski definition) is 0. The van der Waals surface area contributed by atoms with E-state index in [1.165, 1.54) is 5.56 Å². The van der Waals surface area contributed by atoms with Crippen molar-refractivity contribution in [3.8, 4) is 11.5 Å². The summed E-state index contributed by atoms with van der Waals surface area (Å²) in [5.74, 6) is 1.34. The van der Waals surface area contributed by atoms with E-state index in [0.717, 1.165) is 44.1 Å². The van der Waals surface area contributed by atoms with Crippen molar-refractivity contribution in [2.45, 2.75) is 19.5 Å². The molecule has 0 saturated carbocycles. The standard InChI is InChI=1S/C20H23N5O/c1-16(18-8-5-9-21-14-18)25-12-10-24(11-13-25)15-19-22-20(26-23-19)17-6-3-2-4-7-17/h2-9,14,16H,10-13,15H2,1H3/t16-/m1/s1. The van der Waals surface area contributed by atoms with Gasteiger partial charge in [0.25, 0.3) is 5.89 Å². The Labute approximate surface area is 153 Å². The number of rotatable bonds is 5. The molecule has 134 valence electrons. The first-order valence-electron chi connectivity index (χ1n) is 9.04. The summed E-state index contributed by atoms with van der Waals surface area (Å²) >= 11 is 0. The van der Waals surface area contributed by atoms with Gasteiger partial charge in [0.1, 0.15) is 0 Å². The highest BCUT2D eigenvalue weighted by Crippen LogP contribution is 2.21. The lowest BCUT2D eigenvalue weighted by atomic mass is 10.1. The average Bonchev–Trinajstić information content (AvgIpc) is 3.18. The minimum atomic E-state index is 0.390. The Morgan fingerprint density at radius 1 is 1.04 bits per heavy atom. The molecule has 4 rings (SSSR count). The molecular weight excluding hydrogens is 326 g/mol. The summed E-state index contributed by atoms with van der Waals surface area (Å²) in [5.41, 5.74) is 2.23. The SMILES string of the molecule is C[C@H](c1cccnc1)N1CCN(Cc2noc(-c3ccccc3)n2)CC1. The zero-order valence-electron chi connectivity index (χ0n) is 15.0. The summed E-state index contributed by atoms with van der Waals surface area (Å²) < 4.78 is 5.40. The number of benzene rings is 1. The van der Waals surface area contributed by atoms with E-state index in [2.05, 4.69) is 37.9 Å².